The highest BCUT2D eigenvalue weighted by Crippen LogP contribution is 2.33. The van der Waals surface area contributed by atoms with Gasteiger partial charge in [-0.25, -0.2) is 32.1 Å². The largest absolute Gasteiger partial charge is 0.459 e. The molecule has 67 heavy (non-hydrogen) atoms. The molecule has 2 heterocycles. The van der Waals surface area contributed by atoms with Crippen LogP contribution in [-0.2, 0) is 55.6 Å². The van der Waals surface area contributed by atoms with Crippen molar-refractivity contribution in [3.8, 4) is 0 Å². The third-order valence-electron chi connectivity index (χ3n) is 9.20. The van der Waals surface area contributed by atoms with Crippen molar-refractivity contribution in [3.05, 3.63) is 94.6 Å². The van der Waals surface area contributed by atoms with Crippen molar-refractivity contribution in [2.75, 3.05) is 23.4 Å². The van der Waals surface area contributed by atoms with Gasteiger partial charge in [-0.2, -0.15) is 36.5 Å². The molecule has 3 amide bonds. The number of alkyl halides is 10. The average molecular weight is 987 g/mol. The normalized spacial score (nSPS) is 12.2. The summed E-state index contributed by atoms with van der Waals surface area (Å²) in [6, 6.07) is 11.8. The lowest BCUT2D eigenvalue weighted by Gasteiger charge is -2.23. The van der Waals surface area contributed by atoms with Crippen LogP contribution in [-0.4, -0.2) is 80.0 Å². The van der Waals surface area contributed by atoms with Crippen LogP contribution in [0, 0.1) is 11.8 Å². The van der Waals surface area contributed by atoms with Gasteiger partial charge >= 0.3 is 35.4 Å². The minimum Gasteiger partial charge on any atom is -0.459 e. The summed E-state index contributed by atoms with van der Waals surface area (Å²) in [7, 11) is 2.70. The number of amides is 3. The first-order valence-electron chi connectivity index (χ1n) is 19.8. The van der Waals surface area contributed by atoms with Gasteiger partial charge in [0, 0.05) is 32.2 Å². The van der Waals surface area contributed by atoms with Crippen LogP contribution >= 0.6 is 11.6 Å². The second-order valence-corrected chi connectivity index (χ2v) is 14.5. The van der Waals surface area contributed by atoms with Crippen molar-refractivity contribution < 1.29 is 82.1 Å². The van der Waals surface area contributed by atoms with Gasteiger partial charge in [-0.15, -0.1) is 0 Å². The van der Waals surface area contributed by atoms with Gasteiger partial charge in [0.05, 0.1) is 41.9 Å². The quantitative estimate of drug-likeness (QED) is 0.0524. The topological polar surface area (TPSA) is 172 Å². The van der Waals surface area contributed by atoms with Gasteiger partial charge in [-0.3, -0.25) is 28.5 Å². The van der Waals surface area contributed by atoms with Crippen LogP contribution in [0.3, 0.4) is 0 Å². The Kier molecular flexibility index (Phi) is 21.7. The minimum absolute atomic E-state index is 0.0892. The van der Waals surface area contributed by atoms with Gasteiger partial charge in [0.25, 0.3) is 24.7 Å². The molecule has 4 rings (SSSR count). The third kappa shape index (κ3) is 17.1. The van der Waals surface area contributed by atoms with Gasteiger partial charge in [0.1, 0.15) is 11.4 Å². The summed E-state index contributed by atoms with van der Waals surface area (Å²) >= 11 is 4.69. The lowest BCUT2D eigenvalue weighted by atomic mass is 9.98. The van der Waals surface area contributed by atoms with Crippen molar-refractivity contribution >= 4 is 57.9 Å². The maximum absolute atomic E-state index is 13.4. The lowest BCUT2D eigenvalue weighted by Crippen LogP contribution is -2.43. The molecule has 0 aliphatic carbocycles. The van der Waals surface area contributed by atoms with Gasteiger partial charge in [0.15, 0.2) is 0 Å². The first-order valence-corrected chi connectivity index (χ1v) is 20.2. The Morgan fingerprint density at radius 3 is 1.58 bits per heavy atom. The Bertz CT molecular complexity index is 2340. The fourth-order valence-electron chi connectivity index (χ4n) is 5.64. The summed E-state index contributed by atoms with van der Waals surface area (Å²) in [4.78, 5) is 70.7. The molecule has 2 atom stereocenters. The van der Waals surface area contributed by atoms with Crippen LogP contribution in [0.1, 0.15) is 96.6 Å². The minimum atomic E-state index is -4.45. The monoisotopic (exact) mass is 986 g/mol. The average Bonchev–Trinajstić information content (AvgIpc) is 3.85. The molecule has 2 unspecified atom stereocenters. The van der Waals surface area contributed by atoms with E-state index in [0.29, 0.717) is 10.5 Å². The van der Waals surface area contributed by atoms with Crippen LogP contribution in [0.5, 0.6) is 0 Å². The Hall–Kier alpha value is -6.33. The molecule has 368 valence electrons. The molecule has 2 aromatic heterocycles. The molecule has 0 saturated heterocycles. The molecule has 0 aliphatic rings. The molecular formula is C42H45ClF10N6O8. The number of nitrogens with one attached hydrogen (secondary N) is 1. The van der Waals surface area contributed by atoms with Gasteiger partial charge in [-0.05, 0) is 74.4 Å². The second kappa shape index (κ2) is 25.5. The number of anilines is 2. The molecule has 14 nitrogen and oxygen atoms in total. The molecule has 0 spiro atoms. The number of carbonyl (C=O) groups excluding carboxylic acids is 6. The highest BCUT2D eigenvalue weighted by Gasteiger charge is 2.38. The van der Waals surface area contributed by atoms with Crippen LogP contribution in [0.15, 0.2) is 60.9 Å². The van der Waals surface area contributed by atoms with Crippen LogP contribution in [0.4, 0.5) is 55.3 Å². The molecule has 0 bridgehead atoms. The molecule has 2 aromatic carbocycles. The summed E-state index contributed by atoms with van der Waals surface area (Å²) in [5, 5.41) is 8.50. The number of ether oxygens (including phenoxy) is 2. The fraction of sp³-hybridized carbons (Fsp3) is 0.429. The second-order valence-electron chi connectivity index (χ2n) is 14.2. The van der Waals surface area contributed by atoms with Crippen molar-refractivity contribution in [3.63, 3.8) is 0 Å². The van der Waals surface area contributed by atoms with Crippen molar-refractivity contribution in [2.24, 2.45) is 25.9 Å². The number of aromatic nitrogens is 4. The number of rotatable bonds is 15. The Morgan fingerprint density at radius 1 is 0.687 bits per heavy atom. The van der Waals surface area contributed by atoms with E-state index in [1.54, 1.807) is 25.1 Å². The van der Waals surface area contributed by atoms with Crippen LogP contribution < -0.4 is 10.2 Å². The number of imide groups is 1. The van der Waals surface area contributed by atoms with Crippen LogP contribution in [0.2, 0.25) is 0 Å². The number of nitrogens with zero attached hydrogens (tertiary/aromatic N) is 5. The highest BCUT2D eigenvalue weighted by atomic mass is 35.5. The molecule has 1 N–H and O–H groups in total. The standard InChI is InChI=1S/C21H22F5N3O4.C17H18F5N3O.C4H5ClO3/c1-4-33-20(32)19(31)29(18(30)14-11-28(3)27-16(14)17(22)23)15-8-6-5-7-13(15)10-9-12(2)21(24,25)26;1-10(17(20,21)22)7-8-11-5-3-4-6-13(11)23-16(26)12-9-25(2)24-14(12)15(18)19;1-2-8-4(7)3(5)6/h5-8,11-12,17H,4,9-10H2,1-3H3;3-6,9-10,15H,7-8H2,1-2H3,(H,23,26);2H2,1H3. The maximum atomic E-state index is 13.4. The van der Waals surface area contributed by atoms with E-state index in [4.69, 9.17) is 11.6 Å². The zero-order valence-electron chi connectivity index (χ0n) is 36.5. The van der Waals surface area contributed by atoms with Gasteiger partial charge in [-0.1, -0.05) is 50.2 Å². The number of hydrogen-bond donors (Lipinski definition) is 1. The summed E-state index contributed by atoms with van der Waals surface area (Å²) < 4.78 is 140. The summed E-state index contributed by atoms with van der Waals surface area (Å²) in [6.45, 7) is 5.06. The maximum Gasteiger partial charge on any atom is 0.397 e. The molecule has 25 heteroatoms. The van der Waals surface area contributed by atoms with Crippen LogP contribution in [0.25, 0.3) is 0 Å². The predicted molar refractivity (Wildman–Crippen MR) is 220 cm³/mol. The zero-order chi connectivity index (χ0) is 51.0. The number of aryl methyl sites for hydroxylation is 4. The molecule has 0 aliphatic heterocycles. The molecule has 4 aromatic rings. The number of benzene rings is 2. The van der Waals surface area contributed by atoms with E-state index in [-0.39, 0.29) is 61.4 Å². The SMILES string of the molecule is CC(CCc1ccccc1NC(=O)c1cn(C)nc1C(F)F)C(F)(F)F.CCOC(=O)C(=O)Cl.CCOC(=O)C(=O)N(C(=O)c1cn(C)nc1C(F)F)c1ccccc1CCC(C)C(F)(F)F. The summed E-state index contributed by atoms with van der Waals surface area (Å²) in [5.41, 5.74) is -1.75. The third-order valence-corrected chi connectivity index (χ3v) is 9.36. The first kappa shape index (κ1) is 56.8. The van der Waals surface area contributed by atoms with Gasteiger partial charge in [0.2, 0.25) is 0 Å². The summed E-state index contributed by atoms with van der Waals surface area (Å²) in [5.74, 6) is -9.13. The molecule has 0 saturated carbocycles. The molecule has 0 fully saturated rings. The predicted octanol–water partition coefficient (Wildman–Crippen LogP) is 9.28. The molecule has 0 radical (unpaired) electrons. The summed E-state index contributed by atoms with van der Waals surface area (Å²) in [6.07, 6.45) is -13.3. The van der Waals surface area contributed by atoms with E-state index >= 15 is 0 Å². The number of hydrogen-bond acceptors (Lipinski definition) is 10. The Morgan fingerprint density at radius 2 is 1.12 bits per heavy atom. The van der Waals surface area contributed by atoms with E-state index < -0.39 is 88.9 Å². The van der Waals surface area contributed by atoms with E-state index in [1.165, 1.54) is 57.5 Å². The van der Waals surface area contributed by atoms with E-state index in [0.717, 1.165) is 29.4 Å². The first-order chi connectivity index (χ1) is 31.2. The smallest absolute Gasteiger partial charge is 0.397 e. The number of esters is 2. The Labute approximate surface area is 381 Å². The van der Waals surface area contributed by atoms with E-state index in [2.05, 4.69) is 25.0 Å². The fourth-order valence-corrected chi connectivity index (χ4v) is 5.69. The van der Waals surface area contributed by atoms with E-state index in [1.807, 2.05) is 0 Å². The highest BCUT2D eigenvalue weighted by molar-refractivity contribution is 6.80. The lowest BCUT2D eigenvalue weighted by molar-refractivity contribution is -0.171. The Balaban J connectivity index is 0.000000403. The van der Waals surface area contributed by atoms with Crippen molar-refractivity contribution in [2.45, 2.75) is 78.6 Å². The number of para-hydroxylation sites is 2. The number of halogens is 11. The van der Waals surface area contributed by atoms with Gasteiger partial charge < -0.3 is 14.8 Å². The van der Waals surface area contributed by atoms with Crippen molar-refractivity contribution in [1.82, 2.24) is 19.6 Å². The van der Waals surface area contributed by atoms with E-state index in [9.17, 15) is 72.7 Å². The number of carbonyl (C=O) groups is 6. The zero-order valence-corrected chi connectivity index (χ0v) is 37.2. The molecular weight excluding hydrogens is 942 g/mol. The van der Waals surface area contributed by atoms with Crippen molar-refractivity contribution in [1.29, 1.82) is 0 Å².